The van der Waals surface area contributed by atoms with E-state index in [4.69, 9.17) is 10.9 Å². The summed E-state index contributed by atoms with van der Waals surface area (Å²) in [5, 5.41) is 24.7. The predicted molar refractivity (Wildman–Crippen MR) is 111 cm³/mol. The standard InChI is InChI=1S/C20H22F3N5O5/c21-20(22,23)10-25-9-15(29)26-14-7-5-12(6-8-14)11-1-3-13(4-2-11)18(31)27-16(17(24)30)19(32)28-33/h1-8,16-17,25,30,33H,9-10,24H2,(H,26,29)(H,27,31)(H,28,32)/t16-,17-/m0/s1. The van der Waals surface area contributed by atoms with Gasteiger partial charge in [0.1, 0.15) is 12.3 Å². The molecule has 0 spiro atoms. The predicted octanol–water partition coefficient (Wildman–Crippen LogP) is 0.325. The summed E-state index contributed by atoms with van der Waals surface area (Å²) in [5.41, 5.74) is 8.50. The van der Waals surface area contributed by atoms with Crippen molar-refractivity contribution in [2.45, 2.75) is 18.4 Å². The molecule has 3 amide bonds. The summed E-state index contributed by atoms with van der Waals surface area (Å²) in [5.74, 6) is -2.42. The van der Waals surface area contributed by atoms with Gasteiger partial charge >= 0.3 is 6.18 Å². The quantitative estimate of drug-likeness (QED) is 0.158. The van der Waals surface area contributed by atoms with E-state index in [0.717, 1.165) is 5.56 Å². The highest BCUT2D eigenvalue weighted by Crippen LogP contribution is 2.22. The van der Waals surface area contributed by atoms with Crippen molar-refractivity contribution in [1.82, 2.24) is 16.1 Å². The van der Waals surface area contributed by atoms with Crippen LogP contribution in [0.1, 0.15) is 10.4 Å². The number of hydrogen-bond donors (Lipinski definition) is 7. The number of rotatable bonds is 9. The number of aliphatic hydroxyl groups excluding tert-OH is 1. The largest absolute Gasteiger partial charge is 0.401 e. The van der Waals surface area contributed by atoms with Crippen LogP contribution in [0.3, 0.4) is 0 Å². The number of aliphatic hydroxyl groups is 1. The number of anilines is 1. The number of benzene rings is 2. The van der Waals surface area contributed by atoms with E-state index < -0.39 is 49.3 Å². The summed E-state index contributed by atoms with van der Waals surface area (Å²) in [6.45, 7) is -1.76. The number of amides is 3. The Hall–Kier alpha value is -3.52. The Morgan fingerprint density at radius 1 is 0.970 bits per heavy atom. The molecule has 2 aromatic carbocycles. The summed E-state index contributed by atoms with van der Waals surface area (Å²) in [6.07, 6.45) is -6.14. The minimum Gasteiger partial charge on any atom is -0.376 e. The van der Waals surface area contributed by atoms with Crippen LogP contribution >= 0.6 is 0 Å². The summed E-state index contributed by atoms with van der Waals surface area (Å²) in [6, 6.07) is 11.1. The van der Waals surface area contributed by atoms with Crippen LogP contribution in [0.4, 0.5) is 18.9 Å². The fourth-order valence-corrected chi connectivity index (χ4v) is 2.68. The summed E-state index contributed by atoms with van der Waals surface area (Å²) in [7, 11) is 0. The summed E-state index contributed by atoms with van der Waals surface area (Å²) < 4.78 is 36.3. The molecule has 0 saturated carbocycles. The van der Waals surface area contributed by atoms with Crippen molar-refractivity contribution in [3.8, 4) is 11.1 Å². The minimum absolute atomic E-state index is 0.158. The SMILES string of the molecule is N[C@@H](O)[C@H](NC(=O)c1ccc(-c2ccc(NC(=O)CNCC(F)(F)F)cc2)cc1)C(=O)NO. The van der Waals surface area contributed by atoms with Gasteiger partial charge < -0.3 is 26.8 Å². The van der Waals surface area contributed by atoms with Crippen molar-refractivity contribution in [1.29, 1.82) is 0 Å². The van der Waals surface area contributed by atoms with E-state index in [1.54, 1.807) is 36.4 Å². The second-order valence-corrected chi connectivity index (χ2v) is 6.84. The number of nitrogens with one attached hydrogen (secondary N) is 4. The maximum Gasteiger partial charge on any atom is 0.401 e. The highest BCUT2D eigenvalue weighted by atomic mass is 19.4. The monoisotopic (exact) mass is 469 g/mol. The first-order valence-corrected chi connectivity index (χ1v) is 9.46. The van der Waals surface area contributed by atoms with E-state index in [1.807, 2.05) is 5.32 Å². The number of carbonyl (C=O) groups excluding carboxylic acids is 3. The average Bonchev–Trinajstić information content (AvgIpc) is 2.76. The number of nitrogens with two attached hydrogens (primary N) is 1. The Labute approximate surface area is 185 Å². The van der Waals surface area contributed by atoms with Gasteiger partial charge in [0.2, 0.25) is 5.91 Å². The average molecular weight is 469 g/mol. The molecule has 0 heterocycles. The third kappa shape index (κ3) is 8.16. The van der Waals surface area contributed by atoms with E-state index in [9.17, 15) is 32.7 Å². The Morgan fingerprint density at radius 2 is 1.52 bits per heavy atom. The van der Waals surface area contributed by atoms with Gasteiger partial charge in [-0.25, -0.2) is 5.48 Å². The van der Waals surface area contributed by atoms with E-state index in [1.165, 1.54) is 17.6 Å². The van der Waals surface area contributed by atoms with Crippen molar-refractivity contribution < 1.29 is 37.9 Å². The highest BCUT2D eigenvalue weighted by Gasteiger charge is 2.27. The molecular weight excluding hydrogens is 447 g/mol. The van der Waals surface area contributed by atoms with Crippen LogP contribution in [0.15, 0.2) is 48.5 Å². The van der Waals surface area contributed by atoms with Crippen LogP contribution in [-0.4, -0.2) is 59.6 Å². The molecule has 0 saturated heterocycles. The van der Waals surface area contributed by atoms with Crippen LogP contribution < -0.4 is 27.2 Å². The molecule has 13 heteroatoms. The number of carbonyl (C=O) groups is 3. The molecular formula is C20H22F3N5O5. The Morgan fingerprint density at radius 3 is 2.00 bits per heavy atom. The molecule has 10 nitrogen and oxygen atoms in total. The molecule has 0 aromatic heterocycles. The van der Waals surface area contributed by atoms with Gasteiger partial charge in [0.25, 0.3) is 11.8 Å². The van der Waals surface area contributed by atoms with Gasteiger partial charge in [-0.05, 0) is 35.4 Å². The van der Waals surface area contributed by atoms with Crippen LogP contribution in [0.5, 0.6) is 0 Å². The van der Waals surface area contributed by atoms with Crippen LogP contribution in [0, 0.1) is 0 Å². The van der Waals surface area contributed by atoms with Crippen LogP contribution in [0.2, 0.25) is 0 Å². The van der Waals surface area contributed by atoms with Crippen LogP contribution in [-0.2, 0) is 9.59 Å². The topological polar surface area (TPSA) is 166 Å². The van der Waals surface area contributed by atoms with Gasteiger partial charge in [0.05, 0.1) is 13.1 Å². The Bertz CT molecular complexity index is 966. The second-order valence-electron chi connectivity index (χ2n) is 6.84. The molecule has 0 aliphatic rings. The van der Waals surface area contributed by atoms with E-state index in [-0.39, 0.29) is 5.56 Å². The maximum absolute atomic E-state index is 12.3. The zero-order chi connectivity index (χ0) is 24.6. The molecule has 2 atom stereocenters. The van der Waals surface area contributed by atoms with Crippen molar-refractivity contribution in [2.75, 3.05) is 18.4 Å². The van der Waals surface area contributed by atoms with Crippen LogP contribution in [0.25, 0.3) is 11.1 Å². The van der Waals surface area contributed by atoms with E-state index >= 15 is 0 Å². The van der Waals surface area contributed by atoms with Gasteiger partial charge in [0.15, 0.2) is 0 Å². The van der Waals surface area contributed by atoms with Crippen molar-refractivity contribution >= 4 is 23.4 Å². The third-order valence-corrected chi connectivity index (χ3v) is 4.28. The number of alkyl halides is 3. The molecule has 0 bridgehead atoms. The smallest absolute Gasteiger partial charge is 0.376 e. The van der Waals surface area contributed by atoms with Crippen molar-refractivity contribution in [3.05, 3.63) is 54.1 Å². The van der Waals surface area contributed by atoms with Gasteiger partial charge in [-0.1, -0.05) is 24.3 Å². The molecule has 33 heavy (non-hydrogen) atoms. The highest BCUT2D eigenvalue weighted by molar-refractivity contribution is 5.98. The molecule has 2 aromatic rings. The van der Waals surface area contributed by atoms with E-state index in [2.05, 4.69) is 10.6 Å². The van der Waals surface area contributed by atoms with Gasteiger partial charge in [-0.15, -0.1) is 0 Å². The van der Waals surface area contributed by atoms with Crippen molar-refractivity contribution in [2.24, 2.45) is 5.73 Å². The lowest BCUT2D eigenvalue weighted by Crippen LogP contribution is -2.55. The molecule has 178 valence electrons. The first kappa shape index (κ1) is 25.7. The zero-order valence-corrected chi connectivity index (χ0v) is 17.0. The lowest BCUT2D eigenvalue weighted by atomic mass is 10.0. The fraction of sp³-hybridized carbons (Fsp3) is 0.250. The molecule has 0 radical (unpaired) electrons. The first-order valence-electron chi connectivity index (χ1n) is 9.46. The lowest BCUT2D eigenvalue weighted by molar-refractivity contribution is -0.134. The fourth-order valence-electron chi connectivity index (χ4n) is 2.68. The van der Waals surface area contributed by atoms with Crippen molar-refractivity contribution in [3.63, 3.8) is 0 Å². The lowest BCUT2D eigenvalue weighted by Gasteiger charge is -2.19. The number of hydroxylamine groups is 1. The number of hydrogen-bond acceptors (Lipinski definition) is 7. The third-order valence-electron chi connectivity index (χ3n) is 4.28. The Kier molecular flexibility index (Phi) is 8.87. The molecule has 8 N–H and O–H groups in total. The summed E-state index contributed by atoms with van der Waals surface area (Å²) >= 11 is 0. The normalized spacial score (nSPS) is 13.0. The maximum atomic E-state index is 12.3. The molecule has 0 aliphatic carbocycles. The molecule has 0 aliphatic heterocycles. The van der Waals surface area contributed by atoms with Gasteiger partial charge in [-0.2, -0.15) is 13.2 Å². The van der Waals surface area contributed by atoms with E-state index in [0.29, 0.717) is 11.3 Å². The van der Waals surface area contributed by atoms with Gasteiger partial charge in [0, 0.05) is 11.3 Å². The molecule has 0 fully saturated rings. The second kappa shape index (κ2) is 11.4. The minimum atomic E-state index is -4.40. The van der Waals surface area contributed by atoms with Gasteiger partial charge in [-0.3, -0.25) is 19.6 Å². The zero-order valence-electron chi connectivity index (χ0n) is 17.0. The summed E-state index contributed by atoms with van der Waals surface area (Å²) in [4.78, 5) is 35.4. The molecule has 0 unspecified atom stereocenters. The first-order chi connectivity index (χ1) is 15.5. The Balaban J connectivity index is 1.97. The number of halogens is 3. The molecule has 2 rings (SSSR count).